The van der Waals surface area contributed by atoms with Crippen LogP contribution in [0.2, 0.25) is 0 Å². The molecule has 1 aliphatic carbocycles. The molecule has 0 aromatic heterocycles. The number of fused-ring (bicyclic) bond motifs is 3. The average Bonchev–Trinajstić information content (AvgIpc) is 3.06. The summed E-state index contributed by atoms with van der Waals surface area (Å²) in [6, 6.07) is 5.30. The highest BCUT2D eigenvalue weighted by atomic mass is 19.1. The van der Waals surface area contributed by atoms with Crippen molar-refractivity contribution in [3.05, 3.63) is 23.8 Å². The van der Waals surface area contributed by atoms with Gasteiger partial charge in [-0.1, -0.05) is 12.1 Å². The number of methoxy groups -OCH3 is 1. The zero-order valence-corrected chi connectivity index (χ0v) is 10.8. The van der Waals surface area contributed by atoms with Crippen molar-refractivity contribution in [3.63, 3.8) is 0 Å². The predicted molar refractivity (Wildman–Crippen MR) is 65.2 cm³/mol. The van der Waals surface area contributed by atoms with E-state index in [1.54, 1.807) is 25.1 Å². The van der Waals surface area contributed by atoms with Crippen LogP contribution in [-0.2, 0) is 9.53 Å². The Kier molecular flexibility index (Phi) is 2.66. The van der Waals surface area contributed by atoms with Gasteiger partial charge in [0.25, 0.3) is 0 Å². The molecule has 4 nitrogen and oxygen atoms in total. The molecule has 0 bridgehead atoms. The molecule has 19 heavy (non-hydrogen) atoms. The van der Waals surface area contributed by atoms with E-state index in [1.807, 2.05) is 0 Å². The summed E-state index contributed by atoms with van der Waals surface area (Å²) in [6.07, 6.45) is 0. The molecule has 1 aromatic rings. The van der Waals surface area contributed by atoms with Crippen molar-refractivity contribution in [2.45, 2.75) is 18.5 Å². The molecule has 2 aliphatic rings. The van der Waals surface area contributed by atoms with Crippen molar-refractivity contribution >= 4 is 5.97 Å². The van der Waals surface area contributed by atoms with Gasteiger partial charge in [-0.3, -0.25) is 0 Å². The van der Waals surface area contributed by atoms with E-state index in [1.165, 1.54) is 7.11 Å². The summed E-state index contributed by atoms with van der Waals surface area (Å²) in [5, 5.41) is 0. The lowest BCUT2D eigenvalue weighted by Crippen LogP contribution is -2.24. The molecule has 1 aliphatic heterocycles. The van der Waals surface area contributed by atoms with Crippen LogP contribution in [0.4, 0.5) is 4.39 Å². The highest BCUT2D eigenvalue weighted by Crippen LogP contribution is 2.65. The minimum Gasteiger partial charge on any atom is -0.493 e. The second-order valence-electron chi connectivity index (χ2n) is 4.76. The standard InChI is InChI=1S/C14H15FO4/c1-3-18-13(16)14(15)9-7-19-12-8(11(9)14)5-4-6-10(12)17-2/h4-6,9,11H,3,7H2,1-2H3. The van der Waals surface area contributed by atoms with E-state index in [9.17, 15) is 9.18 Å². The maximum absolute atomic E-state index is 14.8. The molecule has 3 unspecified atom stereocenters. The molecule has 1 heterocycles. The van der Waals surface area contributed by atoms with Gasteiger partial charge >= 0.3 is 5.97 Å². The van der Waals surface area contributed by atoms with Crippen LogP contribution in [0.15, 0.2) is 18.2 Å². The molecular weight excluding hydrogens is 251 g/mol. The van der Waals surface area contributed by atoms with E-state index in [4.69, 9.17) is 14.2 Å². The highest BCUT2D eigenvalue weighted by Gasteiger charge is 2.75. The number of carbonyl (C=O) groups excluding carboxylic acids is 1. The van der Waals surface area contributed by atoms with Crippen molar-refractivity contribution in [3.8, 4) is 11.5 Å². The van der Waals surface area contributed by atoms with Crippen LogP contribution in [0.1, 0.15) is 18.4 Å². The Morgan fingerprint density at radius 2 is 2.37 bits per heavy atom. The maximum atomic E-state index is 14.8. The van der Waals surface area contributed by atoms with Crippen LogP contribution in [0, 0.1) is 5.92 Å². The second kappa shape index (κ2) is 4.11. The zero-order valence-electron chi connectivity index (χ0n) is 10.8. The molecule has 102 valence electrons. The lowest BCUT2D eigenvalue weighted by atomic mass is 10.0. The van der Waals surface area contributed by atoms with Gasteiger partial charge in [0, 0.05) is 17.4 Å². The normalized spacial score (nSPS) is 30.7. The summed E-state index contributed by atoms with van der Waals surface area (Å²) in [7, 11) is 1.53. The van der Waals surface area contributed by atoms with Crippen LogP contribution in [0.25, 0.3) is 0 Å². The summed E-state index contributed by atoms with van der Waals surface area (Å²) in [5.41, 5.74) is -1.26. The van der Waals surface area contributed by atoms with Gasteiger partial charge in [-0.15, -0.1) is 0 Å². The number of halogens is 1. The molecule has 1 fully saturated rings. The molecular formula is C14H15FO4. The fraction of sp³-hybridized carbons (Fsp3) is 0.500. The van der Waals surface area contributed by atoms with Gasteiger partial charge in [0.2, 0.25) is 5.67 Å². The fourth-order valence-corrected chi connectivity index (χ4v) is 2.87. The molecule has 0 spiro atoms. The first-order valence-corrected chi connectivity index (χ1v) is 6.30. The Bertz CT molecular complexity index is 530. The third-order valence-electron chi connectivity index (χ3n) is 3.85. The number of hydrogen-bond donors (Lipinski definition) is 0. The number of para-hydroxylation sites is 1. The van der Waals surface area contributed by atoms with Gasteiger partial charge in [-0.25, -0.2) is 9.18 Å². The summed E-state index contributed by atoms with van der Waals surface area (Å²) >= 11 is 0. The van der Waals surface area contributed by atoms with E-state index in [-0.39, 0.29) is 13.2 Å². The Labute approximate surface area is 110 Å². The van der Waals surface area contributed by atoms with Crippen LogP contribution in [0.3, 0.4) is 0 Å². The third kappa shape index (κ3) is 1.54. The van der Waals surface area contributed by atoms with E-state index in [0.717, 1.165) is 0 Å². The molecule has 0 amide bonds. The number of alkyl halides is 1. The minimum absolute atomic E-state index is 0.174. The lowest BCUT2D eigenvalue weighted by Gasteiger charge is -2.17. The van der Waals surface area contributed by atoms with E-state index >= 15 is 0 Å². The van der Waals surface area contributed by atoms with Gasteiger partial charge in [-0.2, -0.15) is 0 Å². The molecule has 0 saturated heterocycles. The smallest absolute Gasteiger partial charge is 0.345 e. The van der Waals surface area contributed by atoms with Crippen molar-refractivity contribution in [2.75, 3.05) is 20.3 Å². The number of hydrogen-bond acceptors (Lipinski definition) is 4. The summed E-state index contributed by atoms with van der Waals surface area (Å²) in [4.78, 5) is 11.8. The number of benzene rings is 1. The van der Waals surface area contributed by atoms with Crippen LogP contribution in [0.5, 0.6) is 11.5 Å². The van der Waals surface area contributed by atoms with Gasteiger partial charge in [0.15, 0.2) is 11.5 Å². The van der Waals surface area contributed by atoms with Crippen molar-refractivity contribution in [1.82, 2.24) is 0 Å². The van der Waals surface area contributed by atoms with Gasteiger partial charge in [-0.05, 0) is 13.0 Å². The first kappa shape index (κ1) is 12.3. The van der Waals surface area contributed by atoms with E-state index in [2.05, 4.69) is 0 Å². The molecule has 1 aromatic carbocycles. The van der Waals surface area contributed by atoms with Gasteiger partial charge < -0.3 is 14.2 Å². The third-order valence-corrected chi connectivity index (χ3v) is 3.85. The van der Waals surface area contributed by atoms with Crippen LogP contribution < -0.4 is 9.47 Å². The van der Waals surface area contributed by atoms with E-state index in [0.29, 0.717) is 17.1 Å². The topological polar surface area (TPSA) is 44.8 Å². The fourth-order valence-electron chi connectivity index (χ4n) is 2.87. The molecule has 0 radical (unpaired) electrons. The molecule has 3 rings (SSSR count). The van der Waals surface area contributed by atoms with Crippen LogP contribution in [-0.4, -0.2) is 32.0 Å². The van der Waals surface area contributed by atoms with Gasteiger partial charge in [0.1, 0.15) is 0 Å². The predicted octanol–water partition coefficient (Wildman–Crippen LogP) is 2.07. The van der Waals surface area contributed by atoms with Crippen molar-refractivity contribution < 1.29 is 23.4 Å². The Hall–Kier alpha value is -1.78. The molecule has 1 saturated carbocycles. The second-order valence-corrected chi connectivity index (χ2v) is 4.76. The van der Waals surface area contributed by atoms with Crippen molar-refractivity contribution in [2.24, 2.45) is 5.92 Å². The first-order chi connectivity index (χ1) is 9.14. The van der Waals surface area contributed by atoms with Crippen molar-refractivity contribution in [1.29, 1.82) is 0 Å². The molecule has 3 atom stereocenters. The lowest BCUT2D eigenvalue weighted by molar-refractivity contribution is -0.152. The van der Waals surface area contributed by atoms with Gasteiger partial charge in [0.05, 0.1) is 20.3 Å². The number of esters is 1. The number of ether oxygens (including phenoxy) is 3. The first-order valence-electron chi connectivity index (χ1n) is 6.30. The van der Waals surface area contributed by atoms with Crippen LogP contribution >= 0.6 is 0 Å². The molecule has 5 heteroatoms. The summed E-state index contributed by atoms with van der Waals surface area (Å²) in [5.74, 6) is -0.620. The number of carbonyl (C=O) groups is 1. The largest absolute Gasteiger partial charge is 0.493 e. The SMILES string of the molecule is CCOC(=O)C1(F)C2COc3c(OC)cccc3C21. The number of rotatable bonds is 3. The monoisotopic (exact) mass is 266 g/mol. The Morgan fingerprint density at radius 1 is 1.58 bits per heavy atom. The summed E-state index contributed by atoms with van der Waals surface area (Å²) < 4.78 is 30.3. The maximum Gasteiger partial charge on any atom is 0.345 e. The van der Waals surface area contributed by atoms with E-state index < -0.39 is 23.5 Å². The minimum atomic E-state index is -1.95. The summed E-state index contributed by atoms with van der Waals surface area (Å²) in [6.45, 7) is 2.02. The average molecular weight is 266 g/mol. The highest BCUT2D eigenvalue weighted by molar-refractivity contribution is 5.87. The zero-order chi connectivity index (χ0) is 13.6. The molecule has 0 N–H and O–H groups in total. The Morgan fingerprint density at radius 3 is 3.05 bits per heavy atom. The quantitative estimate of drug-likeness (QED) is 0.786. The Balaban J connectivity index is 1.97.